The minimum atomic E-state index is -0.0665. The van der Waals surface area contributed by atoms with E-state index in [1.165, 1.54) is 4.88 Å². The van der Waals surface area contributed by atoms with Gasteiger partial charge < -0.3 is 15.5 Å². The highest BCUT2D eigenvalue weighted by Gasteiger charge is 2.40. The Kier molecular flexibility index (Phi) is 6.99. The fourth-order valence-electron chi connectivity index (χ4n) is 3.83. The smallest absolute Gasteiger partial charge is 0.226 e. The van der Waals surface area contributed by atoms with Crippen molar-refractivity contribution in [1.82, 2.24) is 15.2 Å². The molecule has 1 fully saturated rings. The molecular formula is C23H23BrN4OS2. The molecule has 0 bridgehead atoms. The molecule has 0 radical (unpaired) electrons. The largest absolute Gasteiger partial charge is 0.352 e. The number of thiocarbonyl (C=S) groups is 1. The van der Waals surface area contributed by atoms with Crippen LogP contribution in [-0.2, 0) is 11.2 Å². The summed E-state index contributed by atoms with van der Waals surface area (Å²) in [6, 6.07) is 17.9. The van der Waals surface area contributed by atoms with Crippen molar-refractivity contribution in [2.75, 3.05) is 11.9 Å². The van der Waals surface area contributed by atoms with Gasteiger partial charge in [0.25, 0.3) is 0 Å². The van der Waals surface area contributed by atoms with E-state index < -0.39 is 0 Å². The Labute approximate surface area is 200 Å². The summed E-state index contributed by atoms with van der Waals surface area (Å²) in [5, 5.41) is 7.12. The van der Waals surface area contributed by atoms with Crippen LogP contribution >= 0.6 is 39.5 Å². The highest BCUT2D eigenvalue weighted by Crippen LogP contribution is 2.42. The van der Waals surface area contributed by atoms with Gasteiger partial charge in [-0.2, -0.15) is 0 Å². The van der Waals surface area contributed by atoms with Gasteiger partial charge in [0.2, 0.25) is 5.91 Å². The Hall–Kier alpha value is -2.29. The van der Waals surface area contributed by atoms with Crippen LogP contribution in [0.15, 0.2) is 64.6 Å². The van der Waals surface area contributed by atoms with Crippen molar-refractivity contribution in [3.63, 3.8) is 0 Å². The lowest BCUT2D eigenvalue weighted by atomic mass is 10.0. The summed E-state index contributed by atoms with van der Waals surface area (Å²) < 4.78 is 1.06. The van der Waals surface area contributed by atoms with Crippen molar-refractivity contribution in [2.24, 2.45) is 0 Å². The lowest BCUT2D eigenvalue weighted by molar-refractivity contribution is -0.116. The third kappa shape index (κ3) is 4.97. The van der Waals surface area contributed by atoms with Gasteiger partial charge in [0.1, 0.15) is 0 Å². The molecule has 0 unspecified atom stereocenters. The molecule has 2 atom stereocenters. The zero-order chi connectivity index (χ0) is 21.8. The minimum absolute atomic E-state index is 0.0175. The number of hydrogen-bond donors (Lipinski definition) is 2. The molecule has 1 amide bonds. The lowest BCUT2D eigenvalue weighted by Crippen LogP contribution is -2.32. The molecule has 4 rings (SSSR count). The Balaban J connectivity index is 1.52. The maximum atomic E-state index is 12.7. The second-order valence-corrected chi connectivity index (χ2v) is 10.2. The fraction of sp³-hybridized carbons (Fsp3) is 0.261. The van der Waals surface area contributed by atoms with E-state index in [2.05, 4.69) is 49.4 Å². The molecule has 0 aliphatic carbocycles. The van der Waals surface area contributed by atoms with Crippen LogP contribution in [0.2, 0.25) is 0 Å². The van der Waals surface area contributed by atoms with Crippen molar-refractivity contribution in [2.45, 2.75) is 31.8 Å². The van der Waals surface area contributed by atoms with Gasteiger partial charge in [0.15, 0.2) is 5.11 Å². The van der Waals surface area contributed by atoms with E-state index in [0.717, 1.165) is 27.2 Å². The number of carbonyl (C=O) groups excluding carboxylic acids is 1. The number of carbonyl (C=O) groups is 1. The number of para-hydroxylation sites is 1. The Morgan fingerprint density at radius 2 is 2.03 bits per heavy atom. The average molecular weight is 516 g/mol. The summed E-state index contributed by atoms with van der Waals surface area (Å²) >= 11 is 10.9. The molecule has 3 aromatic rings. The molecule has 3 heterocycles. The van der Waals surface area contributed by atoms with Gasteiger partial charge in [-0.25, -0.2) is 0 Å². The predicted molar refractivity (Wildman–Crippen MR) is 133 cm³/mol. The third-order valence-corrected chi connectivity index (χ3v) is 7.38. The number of pyridine rings is 1. The van der Waals surface area contributed by atoms with Gasteiger partial charge in [0, 0.05) is 29.7 Å². The van der Waals surface area contributed by atoms with Gasteiger partial charge in [-0.1, -0.05) is 31.2 Å². The first-order valence-electron chi connectivity index (χ1n) is 10.2. The van der Waals surface area contributed by atoms with E-state index in [9.17, 15) is 4.79 Å². The molecule has 0 spiro atoms. The molecule has 31 heavy (non-hydrogen) atoms. The van der Waals surface area contributed by atoms with Crippen molar-refractivity contribution in [1.29, 1.82) is 0 Å². The zero-order valence-electron chi connectivity index (χ0n) is 17.0. The van der Waals surface area contributed by atoms with E-state index in [4.69, 9.17) is 12.2 Å². The van der Waals surface area contributed by atoms with Crippen molar-refractivity contribution < 1.29 is 4.79 Å². The summed E-state index contributed by atoms with van der Waals surface area (Å²) in [5.41, 5.74) is 2.94. The predicted octanol–water partition coefficient (Wildman–Crippen LogP) is 5.47. The molecule has 1 aliphatic rings. The molecule has 5 nitrogen and oxygen atoms in total. The number of anilines is 1. The molecule has 160 valence electrons. The number of rotatable bonds is 7. The first-order valence-corrected chi connectivity index (χ1v) is 12.2. The molecule has 1 aliphatic heterocycles. The SMILES string of the molecule is CCc1ccccc1NC(=O)CCN1C(=S)N[C@H](c2ccccn2)[C@@H]1c1ccc(Br)s1. The number of aromatic nitrogens is 1. The summed E-state index contributed by atoms with van der Waals surface area (Å²) in [6.45, 7) is 2.61. The monoisotopic (exact) mass is 514 g/mol. The van der Waals surface area contributed by atoms with Crippen LogP contribution in [0.4, 0.5) is 5.69 Å². The van der Waals surface area contributed by atoms with Crippen LogP contribution < -0.4 is 10.6 Å². The minimum Gasteiger partial charge on any atom is -0.352 e. The Bertz CT molecular complexity index is 1070. The van der Waals surface area contributed by atoms with E-state index in [-0.39, 0.29) is 18.0 Å². The normalized spacial score (nSPS) is 18.1. The van der Waals surface area contributed by atoms with Crippen molar-refractivity contribution >= 4 is 56.2 Å². The number of amides is 1. The number of nitrogens with one attached hydrogen (secondary N) is 2. The van der Waals surface area contributed by atoms with E-state index in [1.807, 2.05) is 48.5 Å². The van der Waals surface area contributed by atoms with Gasteiger partial charge in [0.05, 0.1) is 21.6 Å². The van der Waals surface area contributed by atoms with Crippen molar-refractivity contribution in [3.05, 3.63) is 80.7 Å². The number of aryl methyl sites for hydroxylation is 1. The maximum absolute atomic E-state index is 12.7. The number of nitrogens with zero attached hydrogens (tertiary/aromatic N) is 2. The summed E-state index contributed by atoms with van der Waals surface area (Å²) in [6.07, 6.45) is 3.01. The number of hydrogen-bond acceptors (Lipinski definition) is 4. The summed E-state index contributed by atoms with van der Waals surface area (Å²) in [7, 11) is 0. The average Bonchev–Trinajstić information content (AvgIpc) is 3.35. The van der Waals surface area contributed by atoms with Crippen molar-refractivity contribution in [3.8, 4) is 0 Å². The molecule has 2 aromatic heterocycles. The van der Waals surface area contributed by atoms with Crippen LogP contribution in [0.1, 0.15) is 41.6 Å². The number of thiophene rings is 1. The fourth-order valence-corrected chi connectivity index (χ4v) is 5.73. The van der Waals surface area contributed by atoms with E-state index in [1.54, 1.807) is 17.5 Å². The topological polar surface area (TPSA) is 57.3 Å². The standard InChI is InChI=1S/C23H23BrN4OS2/c1-2-15-7-3-4-8-16(15)26-20(29)12-14-28-22(18-10-11-19(24)31-18)21(27-23(28)30)17-9-5-6-13-25-17/h3-11,13,21-22H,2,12,14H2,1H3,(H,26,29)(H,27,30)/t21-,22+/m1/s1. The Morgan fingerprint density at radius 1 is 1.23 bits per heavy atom. The highest BCUT2D eigenvalue weighted by atomic mass is 79.9. The van der Waals surface area contributed by atoms with Crippen LogP contribution in [-0.4, -0.2) is 27.4 Å². The third-order valence-electron chi connectivity index (χ3n) is 5.34. The van der Waals surface area contributed by atoms with Gasteiger partial charge >= 0.3 is 0 Å². The molecule has 0 saturated carbocycles. The first-order chi connectivity index (χ1) is 15.1. The second-order valence-electron chi connectivity index (χ2n) is 7.27. The quantitative estimate of drug-likeness (QED) is 0.409. The van der Waals surface area contributed by atoms with Crippen LogP contribution in [0.5, 0.6) is 0 Å². The lowest BCUT2D eigenvalue weighted by Gasteiger charge is -2.26. The summed E-state index contributed by atoms with van der Waals surface area (Å²) in [5.74, 6) is -0.0175. The van der Waals surface area contributed by atoms with Crippen LogP contribution in [0, 0.1) is 0 Å². The van der Waals surface area contributed by atoms with E-state index >= 15 is 0 Å². The zero-order valence-corrected chi connectivity index (χ0v) is 20.3. The van der Waals surface area contributed by atoms with Crippen LogP contribution in [0.25, 0.3) is 0 Å². The molecule has 1 aromatic carbocycles. The summed E-state index contributed by atoms with van der Waals surface area (Å²) in [4.78, 5) is 20.6. The first kappa shape index (κ1) is 21.9. The van der Waals surface area contributed by atoms with Gasteiger partial charge in [-0.05, 0) is 70.5 Å². The van der Waals surface area contributed by atoms with Gasteiger partial charge in [-0.3, -0.25) is 9.78 Å². The molecular weight excluding hydrogens is 492 g/mol. The van der Waals surface area contributed by atoms with E-state index in [0.29, 0.717) is 18.1 Å². The highest BCUT2D eigenvalue weighted by molar-refractivity contribution is 9.11. The molecule has 8 heteroatoms. The van der Waals surface area contributed by atoms with Gasteiger partial charge in [-0.15, -0.1) is 11.3 Å². The Morgan fingerprint density at radius 3 is 2.74 bits per heavy atom. The van der Waals surface area contributed by atoms with Crippen LogP contribution in [0.3, 0.4) is 0 Å². The number of halogens is 1. The maximum Gasteiger partial charge on any atom is 0.226 e. The second kappa shape index (κ2) is 9.89. The molecule has 2 N–H and O–H groups in total. The number of benzene rings is 1. The molecule has 1 saturated heterocycles.